The third-order valence-corrected chi connectivity index (χ3v) is 3.84. The molecule has 0 aliphatic carbocycles. The number of aryl methyl sites for hydroxylation is 1. The second-order valence-electron chi connectivity index (χ2n) is 5.08. The van der Waals surface area contributed by atoms with Crippen molar-refractivity contribution in [3.8, 4) is 11.1 Å². The van der Waals surface area contributed by atoms with Crippen molar-refractivity contribution in [1.29, 1.82) is 0 Å². The van der Waals surface area contributed by atoms with Crippen molar-refractivity contribution in [2.24, 2.45) is 0 Å². The van der Waals surface area contributed by atoms with Crippen LogP contribution in [0.2, 0.25) is 5.02 Å². The highest BCUT2D eigenvalue weighted by molar-refractivity contribution is 6.31. The Hall–Kier alpha value is -2.99. The first-order valence-electron chi connectivity index (χ1n) is 7.15. The number of nitrogens with zero attached hydrogens (tertiary/aromatic N) is 2. The molecule has 5 nitrogen and oxygen atoms in total. The molecule has 3 aromatic rings. The topological polar surface area (TPSA) is 89.1 Å². The molecule has 3 N–H and O–H groups in total. The molecule has 0 radical (unpaired) electrons. The third-order valence-electron chi connectivity index (χ3n) is 3.41. The van der Waals surface area contributed by atoms with E-state index in [1.54, 1.807) is 12.1 Å². The molecular formula is C18H15ClFN3O2. The van der Waals surface area contributed by atoms with Crippen LogP contribution in [-0.4, -0.2) is 21.0 Å². The average Bonchev–Trinajstić information content (AvgIpc) is 2.59. The van der Waals surface area contributed by atoms with Crippen molar-refractivity contribution in [1.82, 2.24) is 9.97 Å². The Morgan fingerprint density at radius 2 is 2.00 bits per heavy atom. The smallest absolute Gasteiger partial charge is 0.327 e. The number of halogens is 2. The van der Waals surface area contributed by atoms with Crippen LogP contribution in [0, 0.1) is 12.7 Å². The predicted molar refractivity (Wildman–Crippen MR) is 96.9 cm³/mol. The molecule has 25 heavy (non-hydrogen) atoms. The Morgan fingerprint density at radius 1 is 1.32 bits per heavy atom. The van der Waals surface area contributed by atoms with Crippen LogP contribution < -0.4 is 5.73 Å². The van der Waals surface area contributed by atoms with Gasteiger partial charge in [-0.3, -0.25) is 0 Å². The molecule has 0 spiro atoms. The fraction of sp³-hybridized carbons (Fsp3) is 0.0556. The Labute approximate surface area is 148 Å². The van der Waals surface area contributed by atoms with Crippen LogP contribution in [-0.2, 0) is 4.79 Å². The van der Waals surface area contributed by atoms with E-state index < -0.39 is 11.8 Å². The highest BCUT2D eigenvalue weighted by atomic mass is 35.5. The number of fused-ring (bicyclic) bond motifs is 1. The summed E-state index contributed by atoms with van der Waals surface area (Å²) in [5, 5.41) is 8.81. The van der Waals surface area contributed by atoms with E-state index in [4.69, 9.17) is 22.4 Å². The standard InChI is InChI=1S/C15H11ClFN3.C3H4O2/c1-8-6-9(2-4-11(8)16)10-3-5-12(17)14-13(10)15(18)20-7-19-14;1-2-3(4)5/h2-7H,1H3,(H2,18,19,20);2H,1H2,(H,4,5). The molecule has 0 aliphatic rings. The number of anilines is 1. The lowest BCUT2D eigenvalue weighted by Crippen LogP contribution is -1.97. The highest BCUT2D eigenvalue weighted by Gasteiger charge is 2.13. The predicted octanol–water partition coefficient (Wildman–Crippen LogP) is 4.24. The van der Waals surface area contributed by atoms with E-state index in [9.17, 15) is 9.18 Å². The molecule has 0 atom stereocenters. The second kappa shape index (κ2) is 7.72. The first kappa shape index (κ1) is 18.4. The van der Waals surface area contributed by atoms with Crippen LogP contribution in [0.5, 0.6) is 0 Å². The van der Waals surface area contributed by atoms with E-state index in [0.29, 0.717) is 10.4 Å². The summed E-state index contributed by atoms with van der Waals surface area (Å²) >= 11 is 6.03. The lowest BCUT2D eigenvalue weighted by atomic mass is 9.99. The number of aromatic nitrogens is 2. The van der Waals surface area contributed by atoms with Crippen LogP contribution in [0.1, 0.15) is 5.56 Å². The van der Waals surface area contributed by atoms with Crippen LogP contribution in [0.25, 0.3) is 22.0 Å². The molecule has 0 fully saturated rings. The molecule has 0 bridgehead atoms. The largest absolute Gasteiger partial charge is 0.478 e. The van der Waals surface area contributed by atoms with Gasteiger partial charge in [-0.2, -0.15) is 0 Å². The van der Waals surface area contributed by atoms with Gasteiger partial charge in [0, 0.05) is 11.1 Å². The van der Waals surface area contributed by atoms with Gasteiger partial charge in [0.05, 0.1) is 5.39 Å². The van der Waals surface area contributed by atoms with Crippen LogP contribution in [0.3, 0.4) is 0 Å². The highest BCUT2D eigenvalue weighted by Crippen LogP contribution is 2.33. The summed E-state index contributed by atoms with van der Waals surface area (Å²) < 4.78 is 13.8. The monoisotopic (exact) mass is 359 g/mol. The molecule has 0 unspecified atom stereocenters. The van der Waals surface area contributed by atoms with Gasteiger partial charge in [0.1, 0.15) is 23.5 Å². The number of aliphatic carboxylic acids is 1. The maximum atomic E-state index is 13.8. The Kier molecular flexibility index (Phi) is 5.67. The molecule has 0 aliphatic heterocycles. The molecule has 0 saturated carbocycles. The number of nitrogen functional groups attached to an aromatic ring is 1. The van der Waals surface area contributed by atoms with Gasteiger partial charge in [0.2, 0.25) is 0 Å². The van der Waals surface area contributed by atoms with Gasteiger partial charge < -0.3 is 10.8 Å². The quantitative estimate of drug-likeness (QED) is 0.668. The summed E-state index contributed by atoms with van der Waals surface area (Å²) in [6.45, 7) is 4.87. The molecule has 1 aromatic heterocycles. The minimum atomic E-state index is -0.981. The van der Waals surface area contributed by atoms with Gasteiger partial charge in [-0.05, 0) is 41.8 Å². The molecule has 1 heterocycles. The van der Waals surface area contributed by atoms with Crippen LogP contribution >= 0.6 is 11.6 Å². The van der Waals surface area contributed by atoms with E-state index in [1.807, 2.05) is 19.1 Å². The number of carboxylic acid groups (broad SMARTS) is 1. The zero-order valence-corrected chi connectivity index (χ0v) is 14.1. The maximum Gasteiger partial charge on any atom is 0.327 e. The van der Waals surface area contributed by atoms with Crippen molar-refractivity contribution >= 4 is 34.3 Å². The SMILES string of the molecule is C=CC(=O)O.Cc1cc(-c2ccc(F)c3ncnc(N)c23)ccc1Cl. The van der Waals surface area contributed by atoms with E-state index in [-0.39, 0.29) is 11.3 Å². The second-order valence-corrected chi connectivity index (χ2v) is 5.49. The zero-order chi connectivity index (χ0) is 18.6. The number of carboxylic acids is 1. The number of hydrogen-bond donors (Lipinski definition) is 2. The van der Waals surface area contributed by atoms with Gasteiger partial charge in [0.15, 0.2) is 0 Å². The summed E-state index contributed by atoms with van der Waals surface area (Å²) in [5.74, 6) is -1.13. The molecule has 2 aromatic carbocycles. The molecule has 7 heteroatoms. The van der Waals surface area contributed by atoms with Gasteiger partial charge in [0.25, 0.3) is 0 Å². The normalized spacial score (nSPS) is 10.0. The minimum Gasteiger partial charge on any atom is -0.478 e. The Bertz CT molecular complexity index is 960. The fourth-order valence-electron chi connectivity index (χ4n) is 2.22. The van der Waals surface area contributed by atoms with Crippen molar-refractivity contribution < 1.29 is 14.3 Å². The Morgan fingerprint density at radius 3 is 2.60 bits per heavy atom. The maximum absolute atomic E-state index is 13.8. The molecule has 0 saturated heterocycles. The van der Waals surface area contributed by atoms with Gasteiger partial charge >= 0.3 is 5.97 Å². The van der Waals surface area contributed by atoms with Crippen molar-refractivity contribution in [2.45, 2.75) is 6.92 Å². The average molecular weight is 360 g/mol. The first-order chi connectivity index (χ1) is 11.8. The molecule has 0 amide bonds. The van der Waals surface area contributed by atoms with E-state index in [0.717, 1.165) is 22.8 Å². The molecule has 3 rings (SSSR count). The van der Waals surface area contributed by atoms with Crippen LogP contribution in [0.4, 0.5) is 10.2 Å². The lowest BCUT2D eigenvalue weighted by Gasteiger charge is -2.10. The number of rotatable bonds is 2. The van der Waals surface area contributed by atoms with Crippen molar-refractivity contribution in [2.75, 3.05) is 5.73 Å². The van der Waals surface area contributed by atoms with E-state index in [1.165, 1.54) is 12.4 Å². The number of benzene rings is 2. The van der Waals surface area contributed by atoms with Crippen molar-refractivity contribution in [3.63, 3.8) is 0 Å². The van der Waals surface area contributed by atoms with Crippen molar-refractivity contribution in [3.05, 3.63) is 65.7 Å². The Balaban J connectivity index is 0.000000399. The number of carbonyl (C=O) groups is 1. The van der Waals surface area contributed by atoms with Crippen LogP contribution in [0.15, 0.2) is 49.3 Å². The first-order valence-corrected chi connectivity index (χ1v) is 7.53. The van der Waals surface area contributed by atoms with Gasteiger partial charge in [-0.25, -0.2) is 19.2 Å². The van der Waals surface area contributed by atoms with Gasteiger partial charge in [-0.15, -0.1) is 0 Å². The summed E-state index contributed by atoms with van der Waals surface area (Å²) in [4.78, 5) is 17.2. The fourth-order valence-corrected chi connectivity index (χ4v) is 2.33. The van der Waals surface area contributed by atoms with E-state index in [2.05, 4.69) is 16.5 Å². The summed E-state index contributed by atoms with van der Waals surface area (Å²) in [5.41, 5.74) is 8.75. The lowest BCUT2D eigenvalue weighted by molar-refractivity contribution is -0.131. The summed E-state index contributed by atoms with van der Waals surface area (Å²) in [6, 6.07) is 8.67. The van der Waals surface area contributed by atoms with Gasteiger partial charge in [-0.1, -0.05) is 30.3 Å². The molecule has 128 valence electrons. The summed E-state index contributed by atoms with van der Waals surface area (Å²) in [7, 11) is 0. The third kappa shape index (κ3) is 4.10. The number of hydrogen-bond acceptors (Lipinski definition) is 4. The zero-order valence-electron chi connectivity index (χ0n) is 13.3. The minimum absolute atomic E-state index is 0.225. The summed E-state index contributed by atoms with van der Waals surface area (Å²) in [6.07, 6.45) is 2.09. The molecular weight excluding hydrogens is 345 g/mol. The van der Waals surface area contributed by atoms with E-state index >= 15 is 0 Å². The number of nitrogens with two attached hydrogens (primary N) is 1.